The second-order valence-electron chi connectivity index (χ2n) is 6.35. The van der Waals surface area contributed by atoms with Crippen LogP contribution in [0, 0.1) is 0 Å². The Morgan fingerprint density at radius 1 is 0.826 bits per heavy atom. The average molecular weight is 412 g/mol. The molecule has 0 bridgehead atoms. The zero-order valence-corrected chi connectivity index (χ0v) is 16.8. The summed E-state index contributed by atoms with van der Waals surface area (Å²) in [7, 11) is -6.99. The molecule has 0 spiro atoms. The van der Waals surface area contributed by atoms with Crippen LogP contribution in [0.4, 0.5) is 0 Å². The van der Waals surface area contributed by atoms with Crippen LogP contribution in [-0.2, 0) is 20.0 Å². The van der Waals surface area contributed by atoms with Crippen molar-refractivity contribution in [3.63, 3.8) is 0 Å². The fraction of sp³-hybridized carbons (Fsp3) is 1.00. The van der Waals surface area contributed by atoms with E-state index in [4.69, 9.17) is 28.1 Å². The van der Waals surface area contributed by atoms with E-state index >= 15 is 0 Å². The minimum atomic E-state index is -3.87. The molecular formula is C13H27Cl2NO5S2. The van der Waals surface area contributed by atoms with Crippen molar-refractivity contribution in [2.75, 3.05) is 17.3 Å². The van der Waals surface area contributed by atoms with E-state index in [9.17, 15) is 16.8 Å². The maximum atomic E-state index is 11.9. The molecule has 1 N–H and O–H groups in total. The summed E-state index contributed by atoms with van der Waals surface area (Å²) in [5.41, 5.74) is -0.594. The quantitative estimate of drug-likeness (QED) is 0.283. The Kier molecular flexibility index (Phi) is 10.6. The summed E-state index contributed by atoms with van der Waals surface area (Å²) >= 11 is 11.3. The van der Waals surface area contributed by atoms with Gasteiger partial charge in [-0.3, -0.25) is 4.55 Å². The lowest BCUT2D eigenvalue weighted by atomic mass is 10.0. The number of rotatable bonds is 13. The Balaban J connectivity index is 3.79. The molecule has 0 atom stereocenters. The van der Waals surface area contributed by atoms with Crippen LogP contribution in [0.25, 0.3) is 0 Å². The first-order valence-electron chi connectivity index (χ1n) is 7.63. The lowest BCUT2D eigenvalue weighted by Gasteiger charge is -2.27. The minimum Gasteiger partial charge on any atom is -0.286 e. The lowest BCUT2D eigenvalue weighted by Crippen LogP contribution is -2.33. The third-order valence-corrected chi connectivity index (χ3v) is 7.05. The first-order chi connectivity index (χ1) is 10.4. The molecule has 23 heavy (non-hydrogen) atoms. The summed E-state index contributed by atoms with van der Waals surface area (Å²) in [6, 6.07) is 0. The molecule has 0 aliphatic heterocycles. The zero-order valence-electron chi connectivity index (χ0n) is 13.7. The number of hydrogen-bond donors (Lipinski definition) is 1. The molecule has 0 radical (unpaired) electrons. The molecule has 0 unspecified atom stereocenters. The molecular weight excluding hydrogens is 385 g/mol. The molecule has 140 valence electrons. The van der Waals surface area contributed by atoms with Crippen LogP contribution in [0.1, 0.15) is 58.8 Å². The summed E-state index contributed by atoms with van der Waals surface area (Å²) in [4.78, 5) is 0. The third-order valence-electron chi connectivity index (χ3n) is 3.59. The van der Waals surface area contributed by atoms with Crippen LogP contribution in [0.5, 0.6) is 0 Å². The SMILES string of the molecule is CC(C)(CCS(=O)(=O)CCCCCCCCS(=O)(=O)O)N(Cl)Cl. The molecule has 0 rings (SSSR count). The fourth-order valence-corrected chi connectivity index (χ4v) is 4.30. The standard InChI is InChI=1S/C13H27Cl2NO5S2/c1-13(2,16(14)15)9-12-22(17,18)10-7-5-3-4-6-8-11-23(19,20)21/h3-12H2,1-2H3,(H,19,20,21). The largest absolute Gasteiger partial charge is 0.286 e. The number of unbranched alkanes of at least 4 members (excludes halogenated alkanes) is 5. The van der Waals surface area contributed by atoms with E-state index in [1.54, 1.807) is 13.8 Å². The van der Waals surface area contributed by atoms with Gasteiger partial charge in [0.1, 0.15) is 9.84 Å². The van der Waals surface area contributed by atoms with E-state index in [1.807, 2.05) is 0 Å². The van der Waals surface area contributed by atoms with Gasteiger partial charge in [0.15, 0.2) is 0 Å². The molecule has 0 aliphatic rings. The maximum Gasteiger partial charge on any atom is 0.264 e. The predicted octanol–water partition coefficient (Wildman–Crippen LogP) is 3.41. The van der Waals surface area contributed by atoms with Crippen LogP contribution in [-0.4, -0.2) is 48.1 Å². The number of nitrogens with zero attached hydrogens (tertiary/aromatic N) is 1. The van der Waals surface area contributed by atoms with Gasteiger partial charge in [-0.2, -0.15) is 8.42 Å². The monoisotopic (exact) mass is 411 g/mol. The summed E-state index contributed by atoms with van der Waals surface area (Å²) in [6.07, 6.45) is 4.55. The third kappa shape index (κ3) is 13.4. The molecule has 0 saturated heterocycles. The van der Waals surface area contributed by atoms with Crippen LogP contribution >= 0.6 is 23.6 Å². The summed E-state index contributed by atoms with van der Waals surface area (Å²) < 4.78 is 54.5. The normalized spacial score (nSPS) is 13.7. The molecule has 0 saturated carbocycles. The number of halogens is 2. The van der Waals surface area contributed by atoms with Crippen molar-refractivity contribution in [3.05, 3.63) is 0 Å². The topological polar surface area (TPSA) is 91.8 Å². The highest BCUT2D eigenvalue weighted by molar-refractivity contribution is 7.91. The van der Waals surface area contributed by atoms with Gasteiger partial charge < -0.3 is 0 Å². The van der Waals surface area contributed by atoms with Gasteiger partial charge in [0, 0.05) is 5.54 Å². The Morgan fingerprint density at radius 3 is 1.70 bits per heavy atom. The Labute approximate surface area is 150 Å². The van der Waals surface area contributed by atoms with Crippen molar-refractivity contribution >= 4 is 43.5 Å². The van der Waals surface area contributed by atoms with Crippen LogP contribution < -0.4 is 0 Å². The van der Waals surface area contributed by atoms with E-state index in [2.05, 4.69) is 0 Å². The molecule has 0 heterocycles. The van der Waals surface area contributed by atoms with Crippen molar-refractivity contribution in [2.45, 2.75) is 64.3 Å². The van der Waals surface area contributed by atoms with E-state index in [0.29, 0.717) is 25.7 Å². The second-order valence-corrected chi connectivity index (χ2v) is 11.1. The van der Waals surface area contributed by atoms with Crippen LogP contribution in [0.2, 0.25) is 0 Å². The molecule has 0 amide bonds. The van der Waals surface area contributed by atoms with Gasteiger partial charge in [0.25, 0.3) is 10.1 Å². The Bertz CT molecular complexity index is 533. The van der Waals surface area contributed by atoms with Gasteiger partial charge in [-0.05, 0) is 56.7 Å². The summed E-state index contributed by atoms with van der Waals surface area (Å²) in [6.45, 7) is 3.55. The van der Waals surface area contributed by atoms with Gasteiger partial charge in [0.2, 0.25) is 0 Å². The molecule has 6 nitrogen and oxygen atoms in total. The van der Waals surface area contributed by atoms with Crippen molar-refractivity contribution in [3.8, 4) is 0 Å². The van der Waals surface area contributed by atoms with Gasteiger partial charge >= 0.3 is 0 Å². The van der Waals surface area contributed by atoms with Crippen LogP contribution in [0.3, 0.4) is 0 Å². The van der Waals surface area contributed by atoms with E-state index in [0.717, 1.165) is 23.2 Å². The first kappa shape index (κ1) is 23.4. The van der Waals surface area contributed by atoms with Crippen LogP contribution in [0.15, 0.2) is 0 Å². The highest BCUT2D eigenvalue weighted by Crippen LogP contribution is 2.24. The molecule has 10 heteroatoms. The summed E-state index contributed by atoms with van der Waals surface area (Å²) in [5, 5.41) is 0. The highest BCUT2D eigenvalue weighted by atomic mass is 35.5. The molecule has 0 aromatic carbocycles. The van der Waals surface area contributed by atoms with Gasteiger partial charge in [0.05, 0.1) is 17.3 Å². The average Bonchev–Trinajstić information content (AvgIpc) is 2.38. The van der Waals surface area contributed by atoms with Crippen molar-refractivity contribution < 1.29 is 21.4 Å². The number of hydrogen-bond acceptors (Lipinski definition) is 5. The van der Waals surface area contributed by atoms with Crippen molar-refractivity contribution in [1.29, 1.82) is 0 Å². The lowest BCUT2D eigenvalue weighted by molar-refractivity contribution is 0.341. The van der Waals surface area contributed by atoms with Gasteiger partial charge in [-0.25, -0.2) is 8.42 Å². The maximum absolute atomic E-state index is 11.9. The van der Waals surface area contributed by atoms with E-state index in [1.165, 1.54) is 0 Å². The number of sulfone groups is 1. The zero-order chi connectivity index (χ0) is 18.1. The first-order valence-corrected chi connectivity index (χ1v) is 11.7. The smallest absolute Gasteiger partial charge is 0.264 e. The molecule has 0 aliphatic carbocycles. The predicted molar refractivity (Wildman–Crippen MR) is 95.0 cm³/mol. The van der Waals surface area contributed by atoms with E-state index in [-0.39, 0.29) is 17.3 Å². The van der Waals surface area contributed by atoms with Crippen molar-refractivity contribution in [2.24, 2.45) is 0 Å². The summed E-state index contributed by atoms with van der Waals surface area (Å²) in [5.74, 6) is -0.0295. The second kappa shape index (κ2) is 10.4. The van der Waals surface area contributed by atoms with Gasteiger partial charge in [-0.1, -0.05) is 25.7 Å². The van der Waals surface area contributed by atoms with Crippen molar-refractivity contribution in [1.82, 2.24) is 3.94 Å². The molecule has 0 aromatic heterocycles. The fourth-order valence-electron chi connectivity index (χ4n) is 1.91. The van der Waals surface area contributed by atoms with E-state index < -0.39 is 25.5 Å². The molecule has 0 aromatic rings. The Morgan fingerprint density at radius 2 is 1.26 bits per heavy atom. The van der Waals surface area contributed by atoms with Gasteiger partial charge in [-0.15, -0.1) is 3.94 Å². The minimum absolute atomic E-state index is 0.0459. The highest BCUT2D eigenvalue weighted by Gasteiger charge is 2.26. The molecule has 0 fully saturated rings. The Hall–Kier alpha value is 0.400.